The molecule has 2 heteroatoms. The molecule has 0 fully saturated rings. The van der Waals surface area contributed by atoms with Crippen LogP contribution in [0.4, 0.5) is 0 Å². The maximum Gasteiger partial charge on any atom is 0.145 e. The van der Waals surface area contributed by atoms with Gasteiger partial charge in [0.2, 0.25) is 0 Å². The van der Waals surface area contributed by atoms with Crippen LogP contribution in [-0.4, -0.2) is 9.55 Å². The highest BCUT2D eigenvalue weighted by Crippen LogP contribution is 2.37. The van der Waals surface area contributed by atoms with E-state index in [1.807, 2.05) is 0 Å². The number of para-hydroxylation sites is 2. The molecule has 2 nitrogen and oxygen atoms in total. The van der Waals surface area contributed by atoms with Crippen molar-refractivity contribution in [1.82, 2.24) is 9.55 Å². The van der Waals surface area contributed by atoms with Crippen molar-refractivity contribution in [3.8, 4) is 11.1 Å². The number of allylic oxidation sites excluding steroid dienone is 8. The Morgan fingerprint density at radius 1 is 0.762 bits per heavy atom. The van der Waals surface area contributed by atoms with E-state index in [0.29, 0.717) is 0 Å². The highest BCUT2D eigenvalue weighted by molar-refractivity contribution is 6.04. The van der Waals surface area contributed by atoms with Gasteiger partial charge in [0.1, 0.15) is 5.82 Å². The minimum atomic E-state index is 0.957. The maximum absolute atomic E-state index is 5.10. The predicted molar refractivity (Wildman–Crippen MR) is 181 cm³/mol. The third-order valence-electron chi connectivity index (χ3n) is 8.73. The van der Waals surface area contributed by atoms with Gasteiger partial charge in [-0.25, -0.2) is 4.98 Å². The summed E-state index contributed by atoms with van der Waals surface area (Å²) >= 11 is 0. The fourth-order valence-electron chi connectivity index (χ4n) is 6.81. The molecule has 4 aromatic carbocycles. The van der Waals surface area contributed by atoms with Gasteiger partial charge in [-0.3, -0.25) is 4.57 Å². The predicted octanol–water partition coefficient (Wildman–Crippen LogP) is 9.22. The molecule has 0 saturated heterocycles. The van der Waals surface area contributed by atoms with Crippen LogP contribution in [0.2, 0.25) is 0 Å². The molecule has 0 saturated carbocycles. The Bertz CT molecular complexity index is 2100. The van der Waals surface area contributed by atoms with Gasteiger partial charge in [-0.15, -0.1) is 0 Å². The Balaban J connectivity index is 1.45. The van der Waals surface area contributed by atoms with Crippen LogP contribution in [0.15, 0.2) is 103 Å². The molecule has 0 amide bonds. The first kappa shape index (κ1) is 26.2. The Morgan fingerprint density at radius 3 is 2.29 bits per heavy atom. The van der Waals surface area contributed by atoms with Crippen LogP contribution in [0.25, 0.3) is 61.9 Å². The molecule has 0 bridgehead atoms. The lowest BCUT2D eigenvalue weighted by Gasteiger charge is -2.22. The van der Waals surface area contributed by atoms with E-state index in [2.05, 4.69) is 141 Å². The highest BCUT2D eigenvalue weighted by atomic mass is 15.1. The molecule has 0 spiro atoms. The maximum atomic E-state index is 5.10. The standard InChI is InChI=1S/C40H36N2/c1-4-32-33(5-2)39(35-26-27(3)20-25-34(35)38(32)28-14-8-6-9-15-28)29-21-23-31(24-22-29)42-37-19-13-12-18-36(37)41-40(42)30-16-10-7-11-17-30/h4-6,8-10,12-21,23,25-26H,7,11,22,24H2,1-3H3/b32-4+,33-5+. The Labute approximate surface area is 248 Å². The normalized spacial score (nSPS) is 16.2. The number of aromatic nitrogens is 2. The van der Waals surface area contributed by atoms with E-state index in [0.717, 1.165) is 37.0 Å². The first-order valence-electron chi connectivity index (χ1n) is 15.2. The van der Waals surface area contributed by atoms with Gasteiger partial charge in [0, 0.05) is 11.3 Å². The largest absolute Gasteiger partial charge is 0.296 e. The molecule has 1 heterocycles. The fourth-order valence-corrected chi connectivity index (χ4v) is 6.81. The zero-order chi connectivity index (χ0) is 28.6. The van der Waals surface area contributed by atoms with Gasteiger partial charge in [0.05, 0.1) is 11.0 Å². The number of imidazole rings is 1. The average molecular weight is 545 g/mol. The molecule has 1 aromatic heterocycles. The minimum Gasteiger partial charge on any atom is -0.296 e. The summed E-state index contributed by atoms with van der Waals surface area (Å²) in [5.41, 5.74) is 11.4. The van der Waals surface area contributed by atoms with E-state index < -0.39 is 0 Å². The number of nitrogens with zero attached hydrogens (tertiary/aromatic N) is 2. The van der Waals surface area contributed by atoms with E-state index in [1.165, 1.54) is 65.8 Å². The summed E-state index contributed by atoms with van der Waals surface area (Å²) in [6.07, 6.45) is 20.2. The van der Waals surface area contributed by atoms with Crippen molar-refractivity contribution in [2.45, 2.75) is 46.5 Å². The molecule has 5 aromatic rings. The zero-order valence-electron chi connectivity index (χ0n) is 24.7. The van der Waals surface area contributed by atoms with E-state index in [4.69, 9.17) is 4.98 Å². The molecule has 7 rings (SSSR count). The van der Waals surface area contributed by atoms with Crippen molar-refractivity contribution in [1.29, 1.82) is 0 Å². The number of rotatable bonds is 4. The van der Waals surface area contributed by atoms with Gasteiger partial charge in [-0.05, 0) is 108 Å². The smallest absolute Gasteiger partial charge is 0.145 e. The van der Waals surface area contributed by atoms with Crippen LogP contribution in [0.5, 0.6) is 0 Å². The summed E-state index contributed by atoms with van der Waals surface area (Å²) in [5, 5.41) is 5.28. The lowest BCUT2D eigenvalue weighted by atomic mass is 9.85. The summed E-state index contributed by atoms with van der Waals surface area (Å²) in [5.74, 6) is 1.05. The van der Waals surface area contributed by atoms with E-state index >= 15 is 0 Å². The summed E-state index contributed by atoms with van der Waals surface area (Å²) in [6.45, 7) is 6.56. The van der Waals surface area contributed by atoms with Crippen molar-refractivity contribution in [3.63, 3.8) is 0 Å². The SMILES string of the molecule is C/C=c1/c(C2=CC=C(n3c(C4=CCCC=C4)nc4ccccc43)CC2)c2cc(C)ccc2c(-c2ccccc2)/c1=C/C. The van der Waals surface area contributed by atoms with Gasteiger partial charge in [0.25, 0.3) is 0 Å². The van der Waals surface area contributed by atoms with E-state index in [9.17, 15) is 0 Å². The quantitative estimate of drug-likeness (QED) is 0.220. The van der Waals surface area contributed by atoms with Crippen LogP contribution in [0, 0.1) is 6.92 Å². The van der Waals surface area contributed by atoms with Crippen molar-refractivity contribution in [2.75, 3.05) is 0 Å². The van der Waals surface area contributed by atoms with Gasteiger partial charge < -0.3 is 0 Å². The minimum absolute atomic E-state index is 0.957. The Morgan fingerprint density at radius 2 is 1.55 bits per heavy atom. The molecular weight excluding hydrogens is 508 g/mol. The first-order chi connectivity index (χ1) is 20.7. The summed E-state index contributed by atoms with van der Waals surface area (Å²) in [6, 6.07) is 26.3. The second-order valence-corrected chi connectivity index (χ2v) is 11.3. The average Bonchev–Trinajstić information content (AvgIpc) is 3.44. The molecular formula is C40H36N2. The molecule has 0 unspecified atom stereocenters. The number of benzene rings is 4. The van der Waals surface area contributed by atoms with Crippen molar-refractivity contribution < 1.29 is 0 Å². The second kappa shape index (κ2) is 10.9. The topological polar surface area (TPSA) is 17.8 Å². The van der Waals surface area contributed by atoms with Crippen molar-refractivity contribution in [2.24, 2.45) is 0 Å². The van der Waals surface area contributed by atoms with Crippen LogP contribution >= 0.6 is 0 Å². The van der Waals surface area contributed by atoms with Crippen LogP contribution < -0.4 is 10.4 Å². The molecule has 0 radical (unpaired) electrons. The van der Waals surface area contributed by atoms with Gasteiger partial charge in [-0.2, -0.15) is 0 Å². The van der Waals surface area contributed by atoms with E-state index in [-0.39, 0.29) is 0 Å². The molecule has 0 aliphatic heterocycles. The number of aryl methyl sites for hydroxylation is 1. The Kier molecular flexibility index (Phi) is 6.83. The lowest BCUT2D eigenvalue weighted by Crippen LogP contribution is -2.31. The highest BCUT2D eigenvalue weighted by Gasteiger charge is 2.21. The Hall–Kier alpha value is -4.69. The third-order valence-corrected chi connectivity index (χ3v) is 8.73. The molecule has 2 aliphatic rings. The number of hydrogen-bond donors (Lipinski definition) is 0. The third kappa shape index (κ3) is 4.39. The molecule has 2 aliphatic carbocycles. The van der Waals surface area contributed by atoms with Gasteiger partial charge >= 0.3 is 0 Å². The monoisotopic (exact) mass is 544 g/mol. The summed E-state index contributed by atoms with van der Waals surface area (Å²) < 4.78 is 2.39. The second-order valence-electron chi connectivity index (χ2n) is 11.3. The van der Waals surface area contributed by atoms with Gasteiger partial charge in [-0.1, -0.05) is 103 Å². The van der Waals surface area contributed by atoms with Crippen LogP contribution in [0.1, 0.15) is 56.5 Å². The first-order valence-corrected chi connectivity index (χ1v) is 15.2. The molecule has 42 heavy (non-hydrogen) atoms. The molecule has 0 atom stereocenters. The molecule has 206 valence electrons. The lowest BCUT2D eigenvalue weighted by molar-refractivity contribution is 0.947. The van der Waals surface area contributed by atoms with Crippen LogP contribution in [-0.2, 0) is 0 Å². The van der Waals surface area contributed by atoms with Crippen molar-refractivity contribution in [3.05, 3.63) is 131 Å². The van der Waals surface area contributed by atoms with Gasteiger partial charge in [0.15, 0.2) is 0 Å². The van der Waals surface area contributed by atoms with E-state index in [1.54, 1.807) is 0 Å². The fraction of sp³-hybridized carbons (Fsp3) is 0.175. The number of fused-ring (bicyclic) bond motifs is 2. The zero-order valence-corrected chi connectivity index (χ0v) is 24.7. The summed E-state index contributed by atoms with van der Waals surface area (Å²) in [4.78, 5) is 5.10. The molecule has 0 N–H and O–H groups in total. The summed E-state index contributed by atoms with van der Waals surface area (Å²) in [7, 11) is 0. The van der Waals surface area contributed by atoms with Crippen molar-refractivity contribution >= 4 is 50.8 Å². The number of hydrogen-bond acceptors (Lipinski definition) is 1. The van der Waals surface area contributed by atoms with Crippen LogP contribution in [0.3, 0.4) is 0 Å².